The fourth-order valence-electron chi connectivity index (χ4n) is 2.63. The van der Waals surface area contributed by atoms with Crippen LogP contribution >= 0.6 is 12.4 Å². The van der Waals surface area contributed by atoms with Crippen LogP contribution in [0.4, 0.5) is 0 Å². The highest BCUT2D eigenvalue weighted by atomic mass is 35.5. The molecule has 3 heteroatoms. The van der Waals surface area contributed by atoms with Gasteiger partial charge in [0.1, 0.15) is 0 Å². The Morgan fingerprint density at radius 3 is 2.89 bits per heavy atom. The van der Waals surface area contributed by atoms with E-state index in [1.54, 1.807) is 0 Å². The average Bonchev–Trinajstić information content (AvgIpc) is 2.62. The monoisotopic (exact) mass is 274 g/mol. The number of nitrogens with one attached hydrogen (secondary N) is 1. The molecular weight excluding hydrogens is 256 g/mol. The summed E-state index contributed by atoms with van der Waals surface area (Å²) in [6.45, 7) is 4.44. The number of halogens is 1. The third-order valence-corrected chi connectivity index (χ3v) is 3.66. The Bertz CT molecular complexity index is 540. The SMILES string of the molecule is CC1CNCCc2ccc(-c3ccccn3)cc21.Cl. The van der Waals surface area contributed by atoms with E-state index in [4.69, 9.17) is 0 Å². The lowest BCUT2D eigenvalue weighted by atomic mass is 9.92. The van der Waals surface area contributed by atoms with Crippen molar-refractivity contribution in [1.82, 2.24) is 10.3 Å². The van der Waals surface area contributed by atoms with Crippen molar-refractivity contribution in [1.29, 1.82) is 0 Å². The zero-order valence-corrected chi connectivity index (χ0v) is 11.9. The van der Waals surface area contributed by atoms with E-state index in [0.717, 1.165) is 25.2 Å². The maximum Gasteiger partial charge on any atom is 0.0702 e. The lowest BCUT2D eigenvalue weighted by molar-refractivity contribution is 0.644. The first-order valence-corrected chi connectivity index (χ1v) is 6.59. The highest BCUT2D eigenvalue weighted by Gasteiger charge is 2.15. The maximum absolute atomic E-state index is 4.43. The second-order valence-electron chi connectivity index (χ2n) is 4.98. The van der Waals surface area contributed by atoms with E-state index in [1.165, 1.54) is 16.7 Å². The van der Waals surface area contributed by atoms with E-state index < -0.39 is 0 Å². The van der Waals surface area contributed by atoms with E-state index in [9.17, 15) is 0 Å². The molecule has 0 saturated carbocycles. The summed E-state index contributed by atoms with van der Waals surface area (Å²) in [4.78, 5) is 4.43. The van der Waals surface area contributed by atoms with Crippen LogP contribution in [0.2, 0.25) is 0 Å². The van der Waals surface area contributed by atoms with E-state index in [0.29, 0.717) is 5.92 Å². The highest BCUT2D eigenvalue weighted by molar-refractivity contribution is 5.85. The second kappa shape index (κ2) is 6.18. The molecule has 1 aliphatic heterocycles. The lowest BCUT2D eigenvalue weighted by Gasteiger charge is -2.13. The van der Waals surface area contributed by atoms with E-state index >= 15 is 0 Å². The zero-order chi connectivity index (χ0) is 12.4. The fraction of sp³-hybridized carbons (Fsp3) is 0.312. The van der Waals surface area contributed by atoms with Crippen LogP contribution in [0.1, 0.15) is 24.0 Å². The molecule has 0 amide bonds. The van der Waals surface area contributed by atoms with Gasteiger partial charge in [-0.3, -0.25) is 4.98 Å². The van der Waals surface area contributed by atoms with Gasteiger partial charge in [0.15, 0.2) is 0 Å². The van der Waals surface area contributed by atoms with E-state index in [2.05, 4.69) is 41.5 Å². The van der Waals surface area contributed by atoms with Crippen LogP contribution in [0.15, 0.2) is 42.6 Å². The largest absolute Gasteiger partial charge is 0.316 e. The van der Waals surface area contributed by atoms with Crippen molar-refractivity contribution in [2.45, 2.75) is 19.3 Å². The van der Waals surface area contributed by atoms with Gasteiger partial charge in [-0.1, -0.05) is 25.1 Å². The van der Waals surface area contributed by atoms with Gasteiger partial charge in [-0.05, 0) is 48.2 Å². The quantitative estimate of drug-likeness (QED) is 0.862. The average molecular weight is 275 g/mol. The van der Waals surface area contributed by atoms with Gasteiger partial charge in [0.05, 0.1) is 5.69 Å². The third-order valence-electron chi connectivity index (χ3n) is 3.66. The number of benzene rings is 1. The number of fused-ring (bicyclic) bond motifs is 1. The van der Waals surface area contributed by atoms with Gasteiger partial charge in [0, 0.05) is 18.3 Å². The van der Waals surface area contributed by atoms with Gasteiger partial charge in [0.25, 0.3) is 0 Å². The Balaban J connectivity index is 0.00000133. The molecule has 2 aromatic rings. The standard InChI is InChI=1S/C16H18N2.ClH/c1-12-11-17-9-7-13-5-6-14(10-15(12)13)16-4-2-3-8-18-16;/h2-6,8,10,12,17H,7,9,11H2,1H3;1H. The van der Waals surface area contributed by atoms with Crippen molar-refractivity contribution in [3.8, 4) is 11.3 Å². The highest BCUT2D eigenvalue weighted by Crippen LogP contribution is 2.27. The van der Waals surface area contributed by atoms with Crippen molar-refractivity contribution in [2.75, 3.05) is 13.1 Å². The molecule has 0 radical (unpaired) electrons. The lowest BCUT2D eigenvalue weighted by Crippen LogP contribution is -2.18. The molecule has 1 aliphatic rings. The van der Waals surface area contributed by atoms with Crippen molar-refractivity contribution >= 4 is 12.4 Å². The normalized spacial score (nSPS) is 18.1. The van der Waals surface area contributed by atoms with Crippen LogP contribution in [0.5, 0.6) is 0 Å². The number of nitrogens with zero attached hydrogens (tertiary/aromatic N) is 1. The Morgan fingerprint density at radius 2 is 2.11 bits per heavy atom. The van der Waals surface area contributed by atoms with Gasteiger partial charge in [-0.25, -0.2) is 0 Å². The van der Waals surface area contributed by atoms with Crippen molar-refractivity contribution < 1.29 is 0 Å². The first-order valence-electron chi connectivity index (χ1n) is 6.59. The number of pyridine rings is 1. The number of aromatic nitrogens is 1. The zero-order valence-electron chi connectivity index (χ0n) is 11.1. The summed E-state index contributed by atoms with van der Waals surface area (Å²) in [6.07, 6.45) is 2.98. The minimum Gasteiger partial charge on any atom is -0.316 e. The van der Waals surface area contributed by atoms with Gasteiger partial charge in [0.2, 0.25) is 0 Å². The first-order chi connectivity index (χ1) is 8.84. The summed E-state index contributed by atoms with van der Waals surface area (Å²) < 4.78 is 0. The van der Waals surface area contributed by atoms with Gasteiger partial charge < -0.3 is 5.32 Å². The Labute approximate surface area is 120 Å². The van der Waals surface area contributed by atoms with Crippen molar-refractivity contribution in [2.24, 2.45) is 0 Å². The number of hydrogen-bond donors (Lipinski definition) is 1. The predicted molar refractivity (Wildman–Crippen MR) is 81.9 cm³/mol. The molecule has 0 spiro atoms. The summed E-state index contributed by atoms with van der Waals surface area (Å²) in [5.74, 6) is 0.575. The summed E-state index contributed by atoms with van der Waals surface area (Å²) in [5.41, 5.74) is 5.24. The van der Waals surface area contributed by atoms with Gasteiger partial charge >= 0.3 is 0 Å². The predicted octanol–water partition coefficient (Wildman–Crippen LogP) is 3.42. The molecule has 3 rings (SSSR count). The van der Waals surface area contributed by atoms with Gasteiger partial charge in [-0.15, -0.1) is 12.4 Å². The van der Waals surface area contributed by atoms with Crippen LogP contribution < -0.4 is 5.32 Å². The molecule has 1 aromatic heterocycles. The molecular formula is C16H19ClN2. The summed E-state index contributed by atoms with van der Waals surface area (Å²) in [7, 11) is 0. The Morgan fingerprint density at radius 1 is 1.21 bits per heavy atom. The van der Waals surface area contributed by atoms with Crippen molar-refractivity contribution in [3.05, 3.63) is 53.7 Å². The first kappa shape index (κ1) is 14.0. The molecule has 1 unspecified atom stereocenters. The third kappa shape index (κ3) is 2.96. The van der Waals surface area contributed by atoms with Gasteiger partial charge in [-0.2, -0.15) is 0 Å². The minimum absolute atomic E-state index is 0. The summed E-state index contributed by atoms with van der Waals surface area (Å²) in [5, 5.41) is 3.49. The summed E-state index contributed by atoms with van der Waals surface area (Å²) >= 11 is 0. The number of rotatable bonds is 1. The topological polar surface area (TPSA) is 24.9 Å². The molecule has 1 aromatic carbocycles. The molecule has 100 valence electrons. The van der Waals surface area contributed by atoms with Crippen LogP contribution in [-0.4, -0.2) is 18.1 Å². The summed E-state index contributed by atoms with van der Waals surface area (Å²) in [6, 6.07) is 12.8. The molecule has 0 bridgehead atoms. The van der Waals surface area contributed by atoms with Crippen LogP contribution in [0, 0.1) is 0 Å². The molecule has 0 fully saturated rings. The molecule has 0 aliphatic carbocycles. The minimum atomic E-state index is 0. The molecule has 2 nitrogen and oxygen atoms in total. The Kier molecular flexibility index (Phi) is 4.56. The van der Waals surface area contributed by atoms with Crippen LogP contribution in [0.25, 0.3) is 11.3 Å². The van der Waals surface area contributed by atoms with Crippen LogP contribution in [0.3, 0.4) is 0 Å². The number of hydrogen-bond acceptors (Lipinski definition) is 2. The second-order valence-corrected chi connectivity index (χ2v) is 4.98. The molecule has 1 atom stereocenters. The smallest absolute Gasteiger partial charge is 0.0702 e. The van der Waals surface area contributed by atoms with E-state index in [1.807, 2.05) is 18.3 Å². The molecule has 2 heterocycles. The molecule has 1 N–H and O–H groups in total. The van der Waals surface area contributed by atoms with E-state index in [-0.39, 0.29) is 12.4 Å². The molecule has 19 heavy (non-hydrogen) atoms. The fourth-order valence-corrected chi connectivity index (χ4v) is 2.63. The molecule has 0 saturated heterocycles. The maximum atomic E-state index is 4.43. The van der Waals surface area contributed by atoms with Crippen molar-refractivity contribution in [3.63, 3.8) is 0 Å². The Hall–Kier alpha value is -1.38. The van der Waals surface area contributed by atoms with Crippen LogP contribution in [-0.2, 0) is 6.42 Å².